The van der Waals surface area contributed by atoms with Crippen LogP contribution in [0, 0.1) is 0 Å². The SMILES string of the molecule is O=C(O)CCCCC1SCC2C1NC(=O)N2c1ccccc1. The molecule has 2 aliphatic rings. The summed E-state index contributed by atoms with van der Waals surface area (Å²) in [4.78, 5) is 24.7. The summed E-state index contributed by atoms with van der Waals surface area (Å²) >= 11 is 1.89. The average molecular weight is 320 g/mol. The summed E-state index contributed by atoms with van der Waals surface area (Å²) in [5.74, 6) is 0.198. The first-order valence-corrected chi connectivity index (χ1v) is 8.70. The summed E-state index contributed by atoms with van der Waals surface area (Å²) in [6.07, 6.45) is 2.80. The predicted molar refractivity (Wildman–Crippen MR) is 87.4 cm³/mol. The number of benzene rings is 1. The van der Waals surface area contributed by atoms with Gasteiger partial charge in [-0.25, -0.2) is 4.79 Å². The van der Waals surface area contributed by atoms with Gasteiger partial charge in [0.1, 0.15) is 0 Å². The number of carboxylic acids is 1. The summed E-state index contributed by atoms with van der Waals surface area (Å²) in [5, 5.41) is 12.2. The fourth-order valence-corrected chi connectivity index (χ4v) is 4.84. The van der Waals surface area contributed by atoms with Gasteiger partial charge in [-0.05, 0) is 25.0 Å². The predicted octanol–water partition coefficient (Wildman–Crippen LogP) is 2.71. The molecule has 0 spiro atoms. The normalized spacial score (nSPS) is 26.8. The van der Waals surface area contributed by atoms with Crippen LogP contribution in [-0.2, 0) is 4.79 Å². The van der Waals surface area contributed by atoms with Crippen molar-refractivity contribution in [2.75, 3.05) is 10.7 Å². The highest BCUT2D eigenvalue weighted by Crippen LogP contribution is 2.38. The van der Waals surface area contributed by atoms with Crippen LogP contribution in [0.15, 0.2) is 30.3 Å². The van der Waals surface area contributed by atoms with Crippen LogP contribution in [0.1, 0.15) is 25.7 Å². The van der Waals surface area contributed by atoms with Gasteiger partial charge in [0, 0.05) is 23.1 Å². The van der Waals surface area contributed by atoms with Crippen molar-refractivity contribution in [3.05, 3.63) is 30.3 Å². The van der Waals surface area contributed by atoms with E-state index in [1.54, 1.807) is 0 Å². The van der Waals surface area contributed by atoms with E-state index in [0.717, 1.165) is 24.3 Å². The van der Waals surface area contributed by atoms with Crippen molar-refractivity contribution in [3.63, 3.8) is 0 Å². The van der Waals surface area contributed by atoms with Crippen LogP contribution in [-0.4, -0.2) is 40.2 Å². The zero-order valence-electron chi connectivity index (χ0n) is 12.3. The number of carboxylic acid groups (broad SMARTS) is 1. The minimum atomic E-state index is -0.735. The van der Waals surface area contributed by atoms with Crippen LogP contribution in [0.25, 0.3) is 0 Å². The van der Waals surface area contributed by atoms with Gasteiger partial charge in [0.05, 0.1) is 12.1 Å². The number of nitrogens with zero attached hydrogens (tertiary/aromatic N) is 1. The molecule has 118 valence electrons. The molecule has 1 aromatic rings. The molecule has 0 aliphatic carbocycles. The van der Waals surface area contributed by atoms with E-state index in [-0.39, 0.29) is 24.5 Å². The molecule has 5 nitrogen and oxygen atoms in total. The Hall–Kier alpha value is -1.69. The molecule has 1 aromatic carbocycles. The molecule has 0 bridgehead atoms. The van der Waals surface area contributed by atoms with Gasteiger partial charge in [-0.3, -0.25) is 9.69 Å². The van der Waals surface area contributed by atoms with E-state index in [1.807, 2.05) is 47.0 Å². The van der Waals surface area contributed by atoms with Gasteiger partial charge in [-0.15, -0.1) is 0 Å². The Morgan fingerprint density at radius 1 is 1.32 bits per heavy atom. The molecule has 2 fully saturated rings. The fraction of sp³-hybridized carbons (Fsp3) is 0.500. The van der Waals surface area contributed by atoms with Gasteiger partial charge in [0.2, 0.25) is 0 Å². The van der Waals surface area contributed by atoms with Gasteiger partial charge < -0.3 is 10.4 Å². The summed E-state index contributed by atoms with van der Waals surface area (Å²) in [6.45, 7) is 0. The average Bonchev–Trinajstić information content (AvgIpc) is 3.02. The number of urea groups is 1. The van der Waals surface area contributed by atoms with Crippen molar-refractivity contribution in [1.82, 2.24) is 5.32 Å². The standard InChI is InChI=1S/C16H20N2O3S/c19-14(20)9-5-4-8-13-15-12(10-22-13)18(16(21)17-15)11-6-2-1-3-7-11/h1-3,6-7,12-13,15H,4-5,8-10H2,(H,17,21)(H,19,20). The molecule has 2 N–H and O–H groups in total. The van der Waals surface area contributed by atoms with Crippen LogP contribution in [0.4, 0.5) is 10.5 Å². The largest absolute Gasteiger partial charge is 0.481 e. The number of nitrogens with one attached hydrogen (secondary N) is 1. The van der Waals surface area contributed by atoms with Crippen molar-refractivity contribution in [3.8, 4) is 0 Å². The molecular formula is C16H20N2O3S. The molecule has 0 saturated carbocycles. The molecule has 6 heteroatoms. The highest BCUT2D eigenvalue weighted by atomic mass is 32.2. The molecule has 3 unspecified atom stereocenters. The van der Waals surface area contributed by atoms with E-state index in [2.05, 4.69) is 5.32 Å². The Kier molecular flexibility index (Phi) is 4.57. The number of amides is 2. The Balaban J connectivity index is 1.60. The third-order valence-corrected chi connectivity index (χ3v) is 5.79. The minimum Gasteiger partial charge on any atom is -0.481 e. The zero-order chi connectivity index (χ0) is 15.5. The number of fused-ring (bicyclic) bond motifs is 1. The van der Waals surface area contributed by atoms with Crippen molar-refractivity contribution < 1.29 is 14.7 Å². The molecular weight excluding hydrogens is 300 g/mol. The molecule has 2 saturated heterocycles. The highest BCUT2D eigenvalue weighted by Gasteiger charge is 2.48. The molecule has 22 heavy (non-hydrogen) atoms. The van der Waals surface area contributed by atoms with Crippen LogP contribution in [0.2, 0.25) is 0 Å². The Bertz CT molecular complexity index is 552. The first-order valence-electron chi connectivity index (χ1n) is 7.65. The molecule has 2 amide bonds. The van der Waals surface area contributed by atoms with E-state index in [1.165, 1.54) is 0 Å². The third-order valence-electron chi connectivity index (χ3n) is 4.30. The summed E-state index contributed by atoms with van der Waals surface area (Å²) in [5.41, 5.74) is 0.944. The maximum Gasteiger partial charge on any atom is 0.322 e. The summed E-state index contributed by atoms with van der Waals surface area (Å²) in [7, 11) is 0. The summed E-state index contributed by atoms with van der Waals surface area (Å²) in [6, 6.07) is 10.1. The fourth-order valence-electron chi connectivity index (χ4n) is 3.25. The molecule has 3 atom stereocenters. The molecule has 0 aromatic heterocycles. The minimum absolute atomic E-state index is 0.0166. The van der Waals surface area contributed by atoms with E-state index in [9.17, 15) is 9.59 Å². The molecule has 2 heterocycles. The third kappa shape index (κ3) is 3.06. The van der Waals surface area contributed by atoms with E-state index in [0.29, 0.717) is 11.7 Å². The topological polar surface area (TPSA) is 69.6 Å². The number of hydrogen-bond acceptors (Lipinski definition) is 3. The lowest BCUT2D eigenvalue weighted by Gasteiger charge is -2.21. The first-order chi connectivity index (χ1) is 10.7. The van der Waals surface area contributed by atoms with Crippen LogP contribution in [0.5, 0.6) is 0 Å². The summed E-state index contributed by atoms with van der Waals surface area (Å²) < 4.78 is 0. The van der Waals surface area contributed by atoms with Crippen molar-refractivity contribution in [2.45, 2.75) is 43.0 Å². The number of rotatable bonds is 6. The number of unbranched alkanes of at least 4 members (excludes halogenated alkanes) is 1. The number of carbonyl (C=O) groups excluding carboxylic acids is 1. The number of thioether (sulfide) groups is 1. The lowest BCUT2D eigenvalue weighted by Crippen LogP contribution is -2.38. The molecule has 0 radical (unpaired) electrons. The van der Waals surface area contributed by atoms with Gasteiger partial charge >= 0.3 is 12.0 Å². The quantitative estimate of drug-likeness (QED) is 0.624. The molecule has 3 rings (SSSR count). The van der Waals surface area contributed by atoms with Crippen LogP contribution >= 0.6 is 11.8 Å². The highest BCUT2D eigenvalue weighted by molar-refractivity contribution is 8.00. The first kappa shape index (κ1) is 15.2. The van der Waals surface area contributed by atoms with Gasteiger partial charge in [-0.1, -0.05) is 24.6 Å². The lowest BCUT2D eigenvalue weighted by atomic mass is 10.0. The van der Waals surface area contributed by atoms with Crippen molar-refractivity contribution >= 4 is 29.4 Å². The van der Waals surface area contributed by atoms with Gasteiger partial charge in [0.15, 0.2) is 0 Å². The number of para-hydroxylation sites is 1. The van der Waals surface area contributed by atoms with E-state index in [4.69, 9.17) is 5.11 Å². The second kappa shape index (κ2) is 6.60. The second-order valence-corrected chi connectivity index (χ2v) is 7.03. The number of aliphatic carboxylic acids is 1. The van der Waals surface area contributed by atoms with Crippen LogP contribution in [0.3, 0.4) is 0 Å². The maximum absolute atomic E-state index is 12.3. The number of anilines is 1. The Morgan fingerprint density at radius 2 is 2.09 bits per heavy atom. The van der Waals surface area contributed by atoms with E-state index >= 15 is 0 Å². The van der Waals surface area contributed by atoms with Crippen LogP contribution < -0.4 is 10.2 Å². The van der Waals surface area contributed by atoms with Crippen molar-refractivity contribution in [2.24, 2.45) is 0 Å². The zero-order valence-corrected chi connectivity index (χ0v) is 13.1. The molecule has 2 aliphatic heterocycles. The van der Waals surface area contributed by atoms with Gasteiger partial charge in [-0.2, -0.15) is 11.8 Å². The van der Waals surface area contributed by atoms with E-state index < -0.39 is 5.97 Å². The Labute approximate surface area is 134 Å². The smallest absolute Gasteiger partial charge is 0.322 e. The maximum atomic E-state index is 12.3. The number of carbonyl (C=O) groups is 2. The monoisotopic (exact) mass is 320 g/mol. The lowest BCUT2D eigenvalue weighted by molar-refractivity contribution is -0.137. The van der Waals surface area contributed by atoms with Crippen molar-refractivity contribution in [1.29, 1.82) is 0 Å². The number of hydrogen-bond donors (Lipinski definition) is 2. The Morgan fingerprint density at radius 3 is 2.82 bits per heavy atom. The second-order valence-electron chi connectivity index (χ2n) is 5.76. The van der Waals surface area contributed by atoms with Gasteiger partial charge in [0.25, 0.3) is 0 Å².